The Bertz CT molecular complexity index is 873. The second-order valence-corrected chi connectivity index (χ2v) is 6.86. The molecule has 1 aliphatic carbocycles. The third-order valence-corrected chi connectivity index (χ3v) is 4.41. The Labute approximate surface area is 149 Å². The summed E-state index contributed by atoms with van der Waals surface area (Å²) in [6.45, 7) is 4.05. The third-order valence-electron chi connectivity index (χ3n) is 4.41. The summed E-state index contributed by atoms with van der Waals surface area (Å²) >= 11 is 0. The zero-order valence-electron chi connectivity index (χ0n) is 15.0. The molecule has 0 amide bonds. The van der Waals surface area contributed by atoms with E-state index in [0.717, 1.165) is 16.8 Å². The number of nitrogens with zero attached hydrogens (tertiary/aromatic N) is 4. The molecule has 4 nitrogen and oxygen atoms in total. The van der Waals surface area contributed by atoms with Crippen LogP contribution in [0.1, 0.15) is 25.8 Å². The average molecular weight is 328 g/mol. The van der Waals surface area contributed by atoms with Crippen molar-refractivity contribution in [2.75, 3.05) is 19.0 Å². The summed E-state index contributed by atoms with van der Waals surface area (Å²) in [5.74, 6) is 0. The van der Waals surface area contributed by atoms with Gasteiger partial charge in [-0.05, 0) is 40.7 Å². The molecule has 124 valence electrons. The summed E-state index contributed by atoms with van der Waals surface area (Å²) in [6, 6.07) is 14.1. The Hall–Kier alpha value is -3.29. The lowest BCUT2D eigenvalue weighted by Crippen LogP contribution is -2.08. The van der Waals surface area contributed by atoms with Gasteiger partial charge in [0.2, 0.25) is 0 Å². The monoisotopic (exact) mass is 328 g/mol. The Kier molecular flexibility index (Phi) is 5.11. The van der Waals surface area contributed by atoms with Crippen molar-refractivity contribution >= 4 is 11.8 Å². The molecular weight excluding hydrogens is 308 g/mol. The fraction of sp³-hybridized carbons (Fsp3) is 0.286. The van der Waals surface area contributed by atoms with Gasteiger partial charge in [0.05, 0.1) is 11.6 Å². The van der Waals surface area contributed by atoms with Crippen molar-refractivity contribution < 1.29 is 0 Å². The Morgan fingerprint density at radius 2 is 1.64 bits per heavy atom. The lowest BCUT2D eigenvalue weighted by molar-refractivity contribution is 0.477. The Balaban J connectivity index is 2.47. The summed E-state index contributed by atoms with van der Waals surface area (Å²) in [5.41, 5.74) is 3.76. The van der Waals surface area contributed by atoms with Crippen molar-refractivity contribution in [1.82, 2.24) is 0 Å². The first-order valence-electron chi connectivity index (χ1n) is 7.98. The molecular formula is C21H20N4. The van der Waals surface area contributed by atoms with E-state index in [0.29, 0.717) is 17.6 Å². The second-order valence-electron chi connectivity index (χ2n) is 6.86. The van der Waals surface area contributed by atoms with Gasteiger partial charge >= 0.3 is 0 Å². The van der Waals surface area contributed by atoms with Crippen LogP contribution in [-0.4, -0.2) is 14.1 Å². The fourth-order valence-electron chi connectivity index (χ4n) is 3.00. The highest BCUT2D eigenvalue weighted by atomic mass is 15.1. The van der Waals surface area contributed by atoms with Gasteiger partial charge in [0.15, 0.2) is 0 Å². The van der Waals surface area contributed by atoms with Crippen LogP contribution in [0, 0.1) is 39.4 Å². The van der Waals surface area contributed by atoms with E-state index < -0.39 is 0 Å². The topological polar surface area (TPSA) is 74.6 Å². The van der Waals surface area contributed by atoms with Crippen molar-refractivity contribution in [1.29, 1.82) is 15.8 Å². The van der Waals surface area contributed by atoms with E-state index in [1.165, 1.54) is 0 Å². The van der Waals surface area contributed by atoms with Gasteiger partial charge in [-0.3, -0.25) is 0 Å². The predicted molar refractivity (Wildman–Crippen MR) is 99.1 cm³/mol. The summed E-state index contributed by atoms with van der Waals surface area (Å²) in [6.07, 6.45) is 4.42. The van der Waals surface area contributed by atoms with Crippen LogP contribution in [0.15, 0.2) is 52.6 Å². The molecule has 0 spiro atoms. The zero-order valence-corrected chi connectivity index (χ0v) is 15.0. The number of hydrogen-bond acceptors (Lipinski definition) is 4. The van der Waals surface area contributed by atoms with Crippen molar-refractivity contribution in [2.24, 2.45) is 5.41 Å². The molecule has 2 rings (SSSR count). The van der Waals surface area contributed by atoms with Crippen LogP contribution >= 0.6 is 0 Å². The standard InChI is InChI=1S/C21H20N4/c1-21(2)11-18(16(12-22)13-23)19(14-24)20(21)10-7-15-5-8-17(9-6-15)25(3)4/h5-10H,11H2,1-4H3/b10-7+. The molecule has 1 aromatic rings. The van der Waals surface area contributed by atoms with Crippen LogP contribution < -0.4 is 4.90 Å². The van der Waals surface area contributed by atoms with E-state index in [1.54, 1.807) is 0 Å². The Morgan fingerprint density at radius 3 is 2.12 bits per heavy atom. The summed E-state index contributed by atoms with van der Waals surface area (Å²) in [5, 5.41) is 27.9. The third kappa shape index (κ3) is 3.63. The van der Waals surface area contributed by atoms with E-state index >= 15 is 0 Å². The largest absolute Gasteiger partial charge is 0.378 e. The van der Waals surface area contributed by atoms with Gasteiger partial charge in [0.25, 0.3) is 0 Å². The highest BCUT2D eigenvalue weighted by Gasteiger charge is 2.36. The number of rotatable bonds is 3. The molecule has 0 saturated carbocycles. The first kappa shape index (κ1) is 18.1. The quantitative estimate of drug-likeness (QED) is 0.773. The first-order chi connectivity index (χ1) is 11.8. The minimum Gasteiger partial charge on any atom is -0.378 e. The van der Waals surface area contributed by atoms with E-state index in [9.17, 15) is 5.26 Å². The Morgan fingerprint density at radius 1 is 1.04 bits per heavy atom. The lowest BCUT2D eigenvalue weighted by atomic mass is 9.84. The second kappa shape index (κ2) is 7.08. The van der Waals surface area contributed by atoms with Gasteiger partial charge < -0.3 is 4.90 Å². The van der Waals surface area contributed by atoms with Crippen molar-refractivity contribution in [2.45, 2.75) is 20.3 Å². The zero-order chi connectivity index (χ0) is 18.6. The molecule has 1 aliphatic rings. The summed E-state index contributed by atoms with van der Waals surface area (Å²) in [7, 11) is 3.98. The van der Waals surface area contributed by atoms with Crippen LogP contribution in [0.4, 0.5) is 5.69 Å². The normalized spacial score (nSPS) is 15.6. The summed E-state index contributed by atoms with van der Waals surface area (Å²) in [4.78, 5) is 2.03. The van der Waals surface area contributed by atoms with Crippen molar-refractivity contribution in [3.8, 4) is 18.2 Å². The molecule has 0 saturated heterocycles. The maximum atomic E-state index is 9.57. The van der Waals surface area contributed by atoms with Crippen molar-refractivity contribution in [3.05, 3.63) is 58.2 Å². The van der Waals surface area contributed by atoms with Crippen LogP contribution in [0.25, 0.3) is 6.08 Å². The maximum Gasteiger partial charge on any atom is 0.134 e. The molecule has 1 aromatic carbocycles. The van der Waals surface area contributed by atoms with Gasteiger partial charge in [-0.1, -0.05) is 38.1 Å². The van der Waals surface area contributed by atoms with E-state index in [2.05, 4.69) is 6.07 Å². The van der Waals surface area contributed by atoms with E-state index in [1.807, 2.05) is 81.4 Å². The number of benzene rings is 1. The molecule has 0 bridgehead atoms. The number of nitriles is 3. The van der Waals surface area contributed by atoms with Crippen LogP contribution in [0.5, 0.6) is 0 Å². The van der Waals surface area contributed by atoms with Crippen LogP contribution in [-0.2, 0) is 0 Å². The molecule has 0 unspecified atom stereocenters. The fourth-order valence-corrected chi connectivity index (χ4v) is 3.00. The first-order valence-corrected chi connectivity index (χ1v) is 7.98. The minimum atomic E-state index is -0.292. The molecule has 0 N–H and O–H groups in total. The van der Waals surface area contributed by atoms with Crippen LogP contribution in [0.3, 0.4) is 0 Å². The van der Waals surface area contributed by atoms with Gasteiger partial charge in [0, 0.05) is 19.8 Å². The average Bonchev–Trinajstić information content (AvgIpc) is 2.84. The molecule has 4 heteroatoms. The molecule has 0 aromatic heterocycles. The van der Waals surface area contributed by atoms with E-state index in [4.69, 9.17) is 10.5 Å². The molecule has 0 fully saturated rings. The molecule has 0 aliphatic heterocycles. The molecule has 0 radical (unpaired) electrons. The highest BCUT2D eigenvalue weighted by molar-refractivity contribution is 5.66. The SMILES string of the molecule is CN(C)c1ccc(/C=C/C2=C(C#N)C(=C(C#N)C#N)CC2(C)C)cc1. The van der Waals surface area contributed by atoms with Gasteiger partial charge in [-0.25, -0.2) is 0 Å². The van der Waals surface area contributed by atoms with Gasteiger partial charge in [-0.15, -0.1) is 0 Å². The number of hydrogen-bond donors (Lipinski definition) is 0. The van der Waals surface area contributed by atoms with Gasteiger partial charge in [0.1, 0.15) is 17.7 Å². The maximum absolute atomic E-state index is 9.57. The number of anilines is 1. The van der Waals surface area contributed by atoms with E-state index in [-0.39, 0.29) is 11.0 Å². The highest BCUT2D eigenvalue weighted by Crippen LogP contribution is 2.47. The number of allylic oxidation sites excluding steroid dienone is 5. The smallest absolute Gasteiger partial charge is 0.134 e. The summed E-state index contributed by atoms with van der Waals surface area (Å²) < 4.78 is 0. The van der Waals surface area contributed by atoms with Crippen LogP contribution in [0.2, 0.25) is 0 Å². The minimum absolute atomic E-state index is 0.0309. The van der Waals surface area contributed by atoms with Gasteiger partial charge in [-0.2, -0.15) is 15.8 Å². The predicted octanol–water partition coefficient (Wildman–Crippen LogP) is 4.36. The molecule has 25 heavy (non-hydrogen) atoms. The molecule has 0 heterocycles. The molecule has 0 atom stereocenters. The van der Waals surface area contributed by atoms with Crippen molar-refractivity contribution in [3.63, 3.8) is 0 Å². The lowest BCUT2D eigenvalue weighted by Gasteiger charge is -2.19.